The van der Waals surface area contributed by atoms with Crippen molar-refractivity contribution in [3.63, 3.8) is 0 Å². The minimum absolute atomic E-state index is 0.0374. The Morgan fingerprint density at radius 2 is 1.91 bits per heavy atom. The first-order valence-corrected chi connectivity index (χ1v) is 11.8. The quantitative estimate of drug-likeness (QED) is 0.219. The second kappa shape index (κ2) is 9.59. The Labute approximate surface area is 209 Å². The summed E-state index contributed by atoms with van der Waals surface area (Å²) in [6, 6.07) is 14.5. The lowest BCUT2D eigenvalue weighted by Crippen LogP contribution is -2.27. The number of non-ortho nitro benzene ring substituents is 1. The molecule has 4 rings (SSSR count). The Morgan fingerprint density at radius 3 is 2.54 bits per heavy atom. The number of hydrogen-bond donors (Lipinski definition) is 1. The molecule has 0 atom stereocenters. The van der Waals surface area contributed by atoms with Crippen molar-refractivity contribution in [1.82, 2.24) is 4.98 Å². The van der Waals surface area contributed by atoms with Gasteiger partial charge in [-0.3, -0.25) is 15.4 Å². The molecule has 0 saturated carbocycles. The number of nitrogens with zero attached hydrogens (tertiary/aromatic N) is 2. The number of hydrogen-bond acceptors (Lipinski definition) is 6. The van der Waals surface area contributed by atoms with Crippen molar-refractivity contribution in [3.05, 3.63) is 86.7 Å². The van der Waals surface area contributed by atoms with Crippen LogP contribution in [-0.4, -0.2) is 21.6 Å². The van der Waals surface area contributed by atoms with E-state index in [0.29, 0.717) is 31.9 Å². The summed E-state index contributed by atoms with van der Waals surface area (Å²) in [6.07, 6.45) is -0.451. The average Bonchev–Trinajstić information content (AvgIpc) is 3.14. The first-order valence-electron chi connectivity index (χ1n) is 10.6. The summed E-state index contributed by atoms with van der Waals surface area (Å²) in [7, 11) is 0. The van der Waals surface area contributed by atoms with Gasteiger partial charge in [-0.05, 0) is 55.7 Å². The summed E-state index contributed by atoms with van der Waals surface area (Å²) >= 11 is 7.37. The summed E-state index contributed by atoms with van der Waals surface area (Å²) in [4.78, 5) is 27.2. The summed E-state index contributed by atoms with van der Waals surface area (Å²) in [5.74, 6) is -0.479. The van der Waals surface area contributed by atoms with E-state index >= 15 is 4.39 Å². The molecule has 0 aliphatic heterocycles. The van der Waals surface area contributed by atoms with Crippen LogP contribution in [0.2, 0.25) is 5.02 Å². The number of thiazole rings is 1. The van der Waals surface area contributed by atoms with E-state index in [0.717, 1.165) is 0 Å². The Kier molecular flexibility index (Phi) is 6.73. The van der Waals surface area contributed by atoms with Crippen LogP contribution in [-0.2, 0) is 11.2 Å². The maximum Gasteiger partial charge on any atom is 0.413 e. The standard InChI is InChI=1S/C25H21ClFN3O4S/c1-25(2,3)34-24(31)29-23-28-22-19(35-23)13-16(11-14-7-9-18(10-8-14)30(32)33)21(27)20(22)15-5-4-6-17(26)12-15/h4-10,12-13H,11H2,1-3H3,(H,28,29,31). The number of anilines is 1. The fourth-order valence-electron chi connectivity index (χ4n) is 3.53. The zero-order chi connectivity index (χ0) is 25.3. The molecule has 0 radical (unpaired) electrons. The minimum Gasteiger partial charge on any atom is -0.444 e. The Balaban J connectivity index is 1.79. The monoisotopic (exact) mass is 513 g/mol. The number of nitro benzene ring substituents is 1. The van der Waals surface area contributed by atoms with Crippen molar-refractivity contribution in [2.75, 3.05) is 5.32 Å². The lowest BCUT2D eigenvalue weighted by Gasteiger charge is -2.18. The first kappa shape index (κ1) is 24.6. The van der Waals surface area contributed by atoms with Crippen molar-refractivity contribution >= 4 is 50.1 Å². The highest BCUT2D eigenvalue weighted by Crippen LogP contribution is 2.39. The van der Waals surface area contributed by atoms with Crippen LogP contribution in [0.1, 0.15) is 31.9 Å². The molecule has 1 N–H and O–H groups in total. The number of benzene rings is 3. The molecular formula is C25H21ClFN3O4S. The molecule has 0 aliphatic carbocycles. The van der Waals surface area contributed by atoms with Crippen LogP contribution in [0.15, 0.2) is 54.6 Å². The highest BCUT2D eigenvalue weighted by Gasteiger charge is 2.22. The van der Waals surface area contributed by atoms with E-state index in [2.05, 4.69) is 10.3 Å². The van der Waals surface area contributed by atoms with Crippen LogP contribution in [0.5, 0.6) is 0 Å². The third-order valence-electron chi connectivity index (χ3n) is 4.96. The first-order chi connectivity index (χ1) is 16.5. The summed E-state index contributed by atoms with van der Waals surface area (Å²) < 4.78 is 21.9. The van der Waals surface area contributed by atoms with Gasteiger partial charge in [0.15, 0.2) is 5.13 Å². The predicted molar refractivity (Wildman–Crippen MR) is 136 cm³/mol. The molecule has 0 bridgehead atoms. The Hall–Kier alpha value is -3.56. The number of rotatable bonds is 5. The molecule has 180 valence electrons. The van der Waals surface area contributed by atoms with Crippen LogP contribution in [0.3, 0.4) is 0 Å². The van der Waals surface area contributed by atoms with Gasteiger partial charge in [0.05, 0.1) is 15.1 Å². The van der Waals surface area contributed by atoms with E-state index in [1.165, 1.54) is 23.5 Å². The van der Waals surface area contributed by atoms with Gasteiger partial charge in [0.2, 0.25) is 0 Å². The van der Waals surface area contributed by atoms with Gasteiger partial charge < -0.3 is 4.74 Å². The molecule has 7 nitrogen and oxygen atoms in total. The number of aromatic nitrogens is 1. The molecular weight excluding hydrogens is 493 g/mol. The van der Waals surface area contributed by atoms with Crippen molar-refractivity contribution < 1.29 is 18.8 Å². The molecule has 0 saturated heterocycles. The third-order valence-corrected chi connectivity index (χ3v) is 6.11. The molecule has 4 aromatic rings. The van der Waals surface area contributed by atoms with Crippen molar-refractivity contribution in [1.29, 1.82) is 0 Å². The van der Waals surface area contributed by atoms with Crippen LogP contribution >= 0.6 is 22.9 Å². The van der Waals surface area contributed by atoms with Crippen LogP contribution in [0.25, 0.3) is 21.3 Å². The molecule has 35 heavy (non-hydrogen) atoms. The Morgan fingerprint density at radius 1 is 1.20 bits per heavy atom. The molecule has 0 spiro atoms. The number of ether oxygens (including phenoxy) is 1. The van der Waals surface area contributed by atoms with E-state index in [1.54, 1.807) is 63.2 Å². The summed E-state index contributed by atoms with van der Waals surface area (Å²) in [5.41, 5.74) is 1.56. The second-order valence-electron chi connectivity index (χ2n) is 8.83. The minimum atomic E-state index is -0.684. The molecule has 3 aromatic carbocycles. The highest BCUT2D eigenvalue weighted by molar-refractivity contribution is 7.22. The highest BCUT2D eigenvalue weighted by atomic mass is 35.5. The fourth-order valence-corrected chi connectivity index (χ4v) is 4.65. The molecule has 0 fully saturated rings. The lowest BCUT2D eigenvalue weighted by molar-refractivity contribution is -0.384. The van der Waals surface area contributed by atoms with Crippen molar-refractivity contribution in [2.45, 2.75) is 32.8 Å². The van der Waals surface area contributed by atoms with Gasteiger partial charge in [0, 0.05) is 29.1 Å². The molecule has 1 aromatic heterocycles. The number of carbonyl (C=O) groups is 1. The summed E-state index contributed by atoms with van der Waals surface area (Å²) in [6.45, 7) is 5.26. The largest absolute Gasteiger partial charge is 0.444 e. The van der Waals surface area contributed by atoms with Crippen molar-refractivity contribution in [3.8, 4) is 11.1 Å². The van der Waals surface area contributed by atoms with Gasteiger partial charge in [-0.2, -0.15) is 0 Å². The van der Waals surface area contributed by atoms with Gasteiger partial charge in [0.1, 0.15) is 11.4 Å². The number of nitro groups is 1. The molecule has 1 amide bonds. The van der Waals surface area contributed by atoms with Crippen LogP contribution in [0.4, 0.5) is 20.0 Å². The number of carbonyl (C=O) groups excluding carboxylic acids is 1. The van der Waals surface area contributed by atoms with Crippen molar-refractivity contribution in [2.24, 2.45) is 0 Å². The topological polar surface area (TPSA) is 94.4 Å². The molecule has 10 heteroatoms. The van der Waals surface area contributed by atoms with Gasteiger partial charge in [-0.15, -0.1) is 0 Å². The number of fused-ring (bicyclic) bond motifs is 1. The zero-order valence-electron chi connectivity index (χ0n) is 19.1. The van der Waals surface area contributed by atoms with E-state index in [4.69, 9.17) is 16.3 Å². The third kappa shape index (κ3) is 5.75. The molecule has 1 heterocycles. The second-order valence-corrected chi connectivity index (χ2v) is 10.3. The average molecular weight is 514 g/mol. The van der Waals surface area contributed by atoms with E-state index in [1.807, 2.05) is 0 Å². The number of halogens is 2. The smallest absolute Gasteiger partial charge is 0.413 e. The molecule has 0 aliphatic rings. The lowest BCUT2D eigenvalue weighted by atomic mass is 9.97. The van der Waals surface area contributed by atoms with Gasteiger partial charge in [0.25, 0.3) is 5.69 Å². The van der Waals surface area contributed by atoms with E-state index in [9.17, 15) is 14.9 Å². The maximum absolute atomic E-state index is 15.9. The summed E-state index contributed by atoms with van der Waals surface area (Å²) in [5, 5.41) is 14.3. The van der Waals surface area contributed by atoms with Crippen LogP contribution in [0, 0.1) is 15.9 Å². The molecule has 0 unspecified atom stereocenters. The van der Waals surface area contributed by atoms with Gasteiger partial charge >= 0.3 is 6.09 Å². The van der Waals surface area contributed by atoms with Gasteiger partial charge in [-0.25, -0.2) is 14.2 Å². The fraction of sp³-hybridized carbons (Fsp3) is 0.200. The normalized spacial score (nSPS) is 11.5. The maximum atomic E-state index is 15.9. The number of nitrogens with one attached hydrogen (secondary N) is 1. The van der Waals surface area contributed by atoms with Crippen LogP contribution < -0.4 is 5.32 Å². The number of amides is 1. The Bertz CT molecular complexity index is 1430. The van der Waals surface area contributed by atoms with Gasteiger partial charge in [-0.1, -0.05) is 47.2 Å². The predicted octanol–water partition coefficient (Wildman–Crippen LogP) is 7.60. The van der Waals surface area contributed by atoms with E-state index in [-0.39, 0.29) is 22.8 Å². The van der Waals surface area contributed by atoms with E-state index < -0.39 is 22.4 Å². The zero-order valence-corrected chi connectivity index (χ0v) is 20.7. The SMILES string of the molecule is CC(C)(C)OC(=O)Nc1nc2c(-c3cccc(Cl)c3)c(F)c(Cc3ccc([N+](=O)[O-])cc3)cc2s1.